The summed E-state index contributed by atoms with van der Waals surface area (Å²) in [5.41, 5.74) is 19.5. The van der Waals surface area contributed by atoms with Gasteiger partial charge in [-0.25, -0.2) is 0 Å². The van der Waals surface area contributed by atoms with Crippen molar-refractivity contribution in [1.82, 2.24) is 9.13 Å². The Morgan fingerprint density at radius 2 is 0.851 bits per heavy atom. The van der Waals surface area contributed by atoms with E-state index in [1.54, 1.807) is 0 Å². The highest BCUT2D eigenvalue weighted by Crippen LogP contribution is 2.52. The number of benzene rings is 10. The second-order valence-electron chi connectivity index (χ2n) is 18.5. The zero-order chi connectivity index (χ0) is 44.4. The number of fused-ring (bicyclic) bond motifs is 12. The van der Waals surface area contributed by atoms with Crippen molar-refractivity contribution in [2.45, 2.75) is 19.3 Å². The molecule has 0 bridgehead atoms. The van der Waals surface area contributed by atoms with E-state index >= 15 is 0 Å². The molecule has 0 atom stereocenters. The zero-order valence-corrected chi connectivity index (χ0v) is 37.1. The Morgan fingerprint density at radius 3 is 1.55 bits per heavy atom. The fourth-order valence-electron chi connectivity index (χ4n) is 11.3. The molecule has 0 saturated carbocycles. The molecule has 10 aromatic carbocycles. The van der Waals surface area contributed by atoms with Gasteiger partial charge < -0.3 is 18.5 Å². The summed E-state index contributed by atoms with van der Waals surface area (Å²) in [4.78, 5) is 2.41. The number of para-hydroxylation sites is 5. The van der Waals surface area contributed by atoms with Gasteiger partial charge in [-0.1, -0.05) is 141 Å². The number of anilines is 3. The highest BCUT2D eigenvalue weighted by Gasteiger charge is 2.37. The topological polar surface area (TPSA) is 26.2 Å². The van der Waals surface area contributed by atoms with Crippen molar-refractivity contribution in [3.63, 3.8) is 0 Å². The minimum Gasteiger partial charge on any atom is -0.456 e. The standard InChI is InChI=1S/C63H43N3O/c1-63(2)55-38-45(29-33-47(55)48-34-30-46(39-56(48)63)66-58-21-11-6-16-49(58)50-17-7-12-22-59(50)66)64(44-31-35-62-54(37-44)53-19-9-13-23-61(53)67-62)43-27-24-40(25-28-43)41-26-32-52-51-18-8-10-20-57(51)65(60(52)36-41)42-14-4-3-5-15-42/h3-39H,1-2H3. The Morgan fingerprint density at radius 1 is 0.343 bits per heavy atom. The van der Waals surface area contributed by atoms with E-state index in [-0.39, 0.29) is 5.41 Å². The first kappa shape index (κ1) is 37.7. The van der Waals surface area contributed by atoms with Crippen LogP contribution in [0.4, 0.5) is 17.1 Å². The minimum absolute atomic E-state index is 0.253. The van der Waals surface area contributed by atoms with E-state index in [0.29, 0.717) is 0 Å². The van der Waals surface area contributed by atoms with Gasteiger partial charge in [0.2, 0.25) is 0 Å². The lowest BCUT2D eigenvalue weighted by Crippen LogP contribution is -2.17. The Bertz CT molecular complexity index is 4080. The number of hydrogen-bond acceptors (Lipinski definition) is 2. The SMILES string of the molecule is CC1(C)c2cc(N(c3ccc(-c4ccc5c6ccccc6n(-c6ccccc6)c5c4)cc3)c3ccc4oc5ccccc5c4c3)ccc2-c2ccc(-n3c4ccccc4c4ccccc43)cc21. The largest absolute Gasteiger partial charge is 0.456 e. The molecule has 0 N–H and O–H groups in total. The first-order chi connectivity index (χ1) is 33.0. The normalized spacial score (nSPS) is 13.0. The predicted octanol–water partition coefficient (Wildman–Crippen LogP) is 17.2. The minimum atomic E-state index is -0.253. The molecular formula is C63H43N3O. The predicted molar refractivity (Wildman–Crippen MR) is 280 cm³/mol. The van der Waals surface area contributed by atoms with Gasteiger partial charge in [-0.15, -0.1) is 0 Å². The second-order valence-corrected chi connectivity index (χ2v) is 18.5. The molecule has 0 aliphatic heterocycles. The quantitative estimate of drug-likeness (QED) is 0.167. The number of aromatic nitrogens is 2. The fourth-order valence-corrected chi connectivity index (χ4v) is 11.3. The van der Waals surface area contributed by atoms with Crippen LogP contribution in [0, 0.1) is 0 Å². The molecule has 1 aliphatic rings. The number of hydrogen-bond donors (Lipinski definition) is 0. The molecule has 0 radical (unpaired) electrons. The summed E-state index contributed by atoms with van der Waals surface area (Å²) >= 11 is 0. The third-order valence-corrected chi connectivity index (χ3v) is 14.5. The van der Waals surface area contributed by atoms with Crippen LogP contribution in [-0.4, -0.2) is 9.13 Å². The fraction of sp³-hybridized carbons (Fsp3) is 0.0476. The highest BCUT2D eigenvalue weighted by molar-refractivity contribution is 6.11. The van der Waals surface area contributed by atoms with Crippen LogP contribution in [0.15, 0.2) is 229 Å². The van der Waals surface area contributed by atoms with E-state index < -0.39 is 0 Å². The van der Waals surface area contributed by atoms with E-state index in [0.717, 1.165) is 50.3 Å². The maximum atomic E-state index is 6.33. The first-order valence-corrected chi connectivity index (χ1v) is 23.2. The van der Waals surface area contributed by atoms with E-state index in [9.17, 15) is 0 Å². The summed E-state index contributed by atoms with van der Waals surface area (Å²) in [5, 5.41) is 7.26. The molecule has 316 valence electrons. The third kappa shape index (κ3) is 5.60. The van der Waals surface area contributed by atoms with Gasteiger partial charge in [-0.3, -0.25) is 0 Å². The van der Waals surface area contributed by atoms with Crippen LogP contribution < -0.4 is 4.90 Å². The van der Waals surface area contributed by atoms with E-state index in [2.05, 4.69) is 246 Å². The lowest BCUT2D eigenvalue weighted by Gasteiger charge is -2.28. The van der Waals surface area contributed by atoms with Crippen LogP contribution in [0.25, 0.3) is 99.2 Å². The van der Waals surface area contributed by atoms with Crippen LogP contribution in [0.3, 0.4) is 0 Å². The van der Waals surface area contributed by atoms with Crippen molar-refractivity contribution < 1.29 is 4.42 Å². The molecule has 14 rings (SSSR count). The van der Waals surface area contributed by atoms with Gasteiger partial charge in [0.15, 0.2) is 0 Å². The van der Waals surface area contributed by atoms with Crippen molar-refractivity contribution in [3.8, 4) is 33.6 Å². The van der Waals surface area contributed by atoms with Crippen LogP contribution >= 0.6 is 0 Å². The van der Waals surface area contributed by atoms with E-state index in [4.69, 9.17) is 4.42 Å². The van der Waals surface area contributed by atoms with Crippen molar-refractivity contribution in [2.75, 3.05) is 4.90 Å². The van der Waals surface area contributed by atoms with E-state index in [1.807, 2.05) is 6.07 Å². The van der Waals surface area contributed by atoms with Gasteiger partial charge in [-0.2, -0.15) is 0 Å². The number of nitrogens with zero attached hydrogens (tertiary/aromatic N) is 3. The second kappa shape index (κ2) is 14.2. The molecular weight excluding hydrogens is 815 g/mol. The van der Waals surface area contributed by atoms with Crippen LogP contribution in [0.1, 0.15) is 25.0 Å². The summed E-state index contributed by atoms with van der Waals surface area (Å²) in [6.07, 6.45) is 0. The maximum absolute atomic E-state index is 6.33. The first-order valence-electron chi connectivity index (χ1n) is 23.2. The van der Waals surface area contributed by atoms with Crippen LogP contribution in [0.2, 0.25) is 0 Å². The Hall–Kier alpha value is -8.60. The molecule has 4 heteroatoms. The third-order valence-electron chi connectivity index (χ3n) is 14.5. The molecule has 3 heterocycles. The van der Waals surface area contributed by atoms with Crippen molar-refractivity contribution in [3.05, 3.63) is 236 Å². The maximum Gasteiger partial charge on any atom is 0.135 e. The zero-order valence-electron chi connectivity index (χ0n) is 37.1. The Kier molecular flexibility index (Phi) is 8.00. The van der Waals surface area contributed by atoms with Gasteiger partial charge in [0.1, 0.15) is 11.2 Å². The summed E-state index contributed by atoms with van der Waals surface area (Å²) in [6.45, 7) is 4.77. The van der Waals surface area contributed by atoms with Crippen molar-refractivity contribution in [1.29, 1.82) is 0 Å². The molecule has 0 saturated heterocycles. The average Bonchev–Trinajstić information content (AvgIpc) is 4.09. The van der Waals surface area contributed by atoms with Crippen LogP contribution in [-0.2, 0) is 5.41 Å². The Labute approximate surface area is 387 Å². The molecule has 13 aromatic rings. The molecule has 3 aromatic heterocycles. The van der Waals surface area contributed by atoms with Gasteiger partial charge in [0.25, 0.3) is 0 Å². The van der Waals surface area contributed by atoms with Gasteiger partial charge in [0, 0.05) is 66.2 Å². The summed E-state index contributed by atoms with van der Waals surface area (Å²) < 4.78 is 11.2. The van der Waals surface area contributed by atoms with E-state index in [1.165, 1.54) is 77.1 Å². The molecule has 0 unspecified atom stereocenters. The number of furan rings is 1. The summed E-state index contributed by atoms with van der Waals surface area (Å²) in [5.74, 6) is 0. The van der Waals surface area contributed by atoms with Crippen LogP contribution in [0.5, 0.6) is 0 Å². The Balaban J connectivity index is 0.894. The van der Waals surface area contributed by atoms with Gasteiger partial charge in [-0.05, 0) is 130 Å². The van der Waals surface area contributed by atoms with Gasteiger partial charge in [0.05, 0.1) is 22.1 Å². The van der Waals surface area contributed by atoms with Crippen molar-refractivity contribution >= 4 is 82.6 Å². The lowest BCUT2D eigenvalue weighted by molar-refractivity contribution is 0.660. The summed E-state index contributed by atoms with van der Waals surface area (Å²) in [6, 6.07) is 82.0. The monoisotopic (exact) mass is 857 g/mol. The summed E-state index contributed by atoms with van der Waals surface area (Å²) in [7, 11) is 0. The number of rotatable bonds is 6. The molecule has 0 amide bonds. The molecule has 4 nitrogen and oxygen atoms in total. The molecule has 67 heavy (non-hydrogen) atoms. The average molecular weight is 858 g/mol. The lowest BCUT2D eigenvalue weighted by atomic mass is 9.82. The van der Waals surface area contributed by atoms with Crippen molar-refractivity contribution in [2.24, 2.45) is 0 Å². The molecule has 0 spiro atoms. The molecule has 1 aliphatic carbocycles. The smallest absolute Gasteiger partial charge is 0.135 e. The van der Waals surface area contributed by atoms with Gasteiger partial charge >= 0.3 is 0 Å². The molecule has 0 fully saturated rings. The highest BCUT2D eigenvalue weighted by atomic mass is 16.3.